The standard InChI is InChI=1S/C19H24N6O5S/c1-4-23-10-13(16(27)28)14(26)12-9-20-18(22-15(12)23)24-5-7-25(8-6-24)19(31)21-11(2)17(29)30-3/h9-11H,4-8H2,1-3H3,(H,21,31)(H,27,28)/t11-/m1/s1. The lowest BCUT2D eigenvalue weighted by atomic mass is 10.2. The first-order valence-corrected chi connectivity index (χ1v) is 10.2. The second-order valence-corrected chi connectivity index (χ2v) is 7.43. The Balaban J connectivity index is 1.76. The number of carboxylic acids is 1. The normalized spacial score (nSPS) is 14.9. The zero-order valence-electron chi connectivity index (χ0n) is 17.5. The number of fused-ring (bicyclic) bond motifs is 1. The number of aryl methyl sites for hydroxylation is 1. The quantitative estimate of drug-likeness (QED) is 0.476. The summed E-state index contributed by atoms with van der Waals surface area (Å²) in [4.78, 5) is 48.1. The van der Waals surface area contributed by atoms with Gasteiger partial charge in [0, 0.05) is 45.1 Å². The van der Waals surface area contributed by atoms with Crippen LogP contribution in [0.5, 0.6) is 0 Å². The summed E-state index contributed by atoms with van der Waals surface area (Å²) in [7, 11) is 1.33. The van der Waals surface area contributed by atoms with E-state index in [1.165, 1.54) is 19.5 Å². The minimum absolute atomic E-state index is 0.173. The molecule has 31 heavy (non-hydrogen) atoms. The third-order valence-electron chi connectivity index (χ3n) is 5.12. The molecule has 1 fully saturated rings. The molecule has 1 aliphatic heterocycles. The molecule has 0 saturated carbocycles. The minimum Gasteiger partial charge on any atom is -0.477 e. The van der Waals surface area contributed by atoms with E-state index in [1.54, 1.807) is 11.5 Å². The monoisotopic (exact) mass is 448 g/mol. The number of ether oxygens (including phenoxy) is 1. The number of aromatic nitrogens is 3. The fourth-order valence-corrected chi connectivity index (χ4v) is 3.69. The van der Waals surface area contributed by atoms with Gasteiger partial charge >= 0.3 is 11.9 Å². The molecule has 3 rings (SSSR count). The minimum atomic E-state index is -1.28. The lowest BCUT2D eigenvalue weighted by molar-refractivity contribution is -0.142. The third kappa shape index (κ3) is 4.58. The summed E-state index contributed by atoms with van der Waals surface area (Å²) in [6, 6.07) is -0.541. The molecular formula is C19H24N6O5S. The SMILES string of the molecule is CCn1cc(C(=O)O)c(=O)c2cnc(N3CCN(C(=S)N[C@H](C)C(=O)OC)CC3)nc21. The Kier molecular flexibility index (Phi) is 6.68. The topological polar surface area (TPSA) is 130 Å². The molecule has 12 heteroatoms. The molecule has 0 spiro atoms. The Hall–Kier alpha value is -3.28. The molecule has 0 radical (unpaired) electrons. The fourth-order valence-electron chi connectivity index (χ4n) is 3.33. The van der Waals surface area contributed by atoms with Crippen molar-refractivity contribution in [1.29, 1.82) is 0 Å². The van der Waals surface area contributed by atoms with Crippen LogP contribution in [0, 0.1) is 0 Å². The van der Waals surface area contributed by atoms with E-state index in [1.807, 2.05) is 16.7 Å². The van der Waals surface area contributed by atoms with Crippen LogP contribution in [0.1, 0.15) is 24.2 Å². The van der Waals surface area contributed by atoms with Crippen LogP contribution in [-0.2, 0) is 16.1 Å². The number of hydrogen-bond acceptors (Lipinski definition) is 8. The molecule has 0 amide bonds. The van der Waals surface area contributed by atoms with Crippen LogP contribution in [0.3, 0.4) is 0 Å². The summed E-state index contributed by atoms with van der Waals surface area (Å²) in [5, 5.41) is 12.9. The molecule has 2 aromatic heterocycles. The van der Waals surface area contributed by atoms with Crippen LogP contribution in [0.25, 0.3) is 11.0 Å². The van der Waals surface area contributed by atoms with Gasteiger partial charge in [0.1, 0.15) is 17.3 Å². The van der Waals surface area contributed by atoms with Crippen molar-refractivity contribution in [2.24, 2.45) is 0 Å². The molecule has 11 nitrogen and oxygen atoms in total. The number of carboxylic acid groups (broad SMARTS) is 1. The Labute approximate surface area is 183 Å². The maximum Gasteiger partial charge on any atom is 0.341 e. The molecule has 166 valence electrons. The number of carbonyl (C=O) groups excluding carboxylic acids is 1. The van der Waals surface area contributed by atoms with Crippen molar-refractivity contribution in [3.05, 3.63) is 28.2 Å². The predicted molar refractivity (Wildman–Crippen MR) is 117 cm³/mol. The molecule has 2 N–H and O–H groups in total. The first-order valence-electron chi connectivity index (χ1n) is 9.78. The van der Waals surface area contributed by atoms with Gasteiger partial charge in [-0.2, -0.15) is 4.98 Å². The van der Waals surface area contributed by atoms with E-state index < -0.39 is 23.4 Å². The zero-order valence-corrected chi connectivity index (χ0v) is 18.3. The van der Waals surface area contributed by atoms with E-state index in [9.17, 15) is 19.5 Å². The number of rotatable bonds is 5. The molecule has 0 aromatic carbocycles. The second kappa shape index (κ2) is 9.25. The molecule has 0 bridgehead atoms. The van der Waals surface area contributed by atoms with Crippen molar-refractivity contribution in [2.75, 3.05) is 38.2 Å². The van der Waals surface area contributed by atoms with Gasteiger partial charge in [0.2, 0.25) is 11.4 Å². The first kappa shape index (κ1) is 22.4. The van der Waals surface area contributed by atoms with E-state index in [0.29, 0.717) is 49.4 Å². The molecule has 0 unspecified atom stereocenters. The summed E-state index contributed by atoms with van der Waals surface area (Å²) < 4.78 is 6.33. The van der Waals surface area contributed by atoms with E-state index in [2.05, 4.69) is 15.3 Å². The average molecular weight is 449 g/mol. The number of hydrogen-bond donors (Lipinski definition) is 2. The van der Waals surface area contributed by atoms with Gasteiger partial charge < -0.3 is 29.5 Å². The number of carbonyl (C=O) groups is 2. The van der Waals surface area contributed by atoms with Crippen molar-refractivity contribution >= 4 is 46.3 Å². The highest BCUT2D eigenvalue weighted by Gasteiger charge is 2.24. The Morgan fingerprint density at radius 2 is 2.00 bits per heavy atom. The number of esters is 1. The Morgan fingerprint density at radius 1 is 1.32 bits per heavy atom. The van der Waals surface area contributed by atoms with Gasteiger partial charge in [-0.05, 0) is 26.1 Å². The van der Waals surface area contributed by atoms with E-state index in [-0.39, 0.29) is 10.9 Å². The van der Waals surface area contributed by atoms with Gasteiger partial charge in [0.05, 0.1) is 12.5 Å². The van der Waals surface area contributed by atoms with E-state index >= 15 is 0 Å². The van der Waals surface area contributed by atoms with Crippen LogP contribution >= 0.6 is 12.2 Å². The van der Waals surface area contributed by atoms with Crippen molar-refractivity contribution in [2.45, 2.75) is 26.4 Å². The third-order valence-corrected chi connectivity index (χ3v) is 5.49. The van der Waals surface area contributed by atoms with Gasteiger partial charge in [-0.15, -0.1) is 0 Å². The number of nitrogens with zero attached hydrogens (tertiary/aromatic N) is 5. The largest absolute Gasteiger partial charge is 0.477 e. The summed E-state index contributed by atoms with van der Waals surface area (Å²) >= 11 is 5.39. The number of pyridine rings is 1. The van der Waals surface area contributed by atoms with Crippen molar-refractivity contribution in [1.82, 2.24) is 24.8 Å². The number of aromatic carboxylic acids is 1. The molecule has 1 saturated heterocycles. The van der Waals surface area contributed by atoms with E-state index in [0.717, 1.165) is 0 Å². The summed E-state index contributed by atoms with van der Waals surface area (Å²) in [6.07, 6.45) is 2.70. The van der Waals surface area contributed by atoms with Crippen LogP contribution in [-0.4, -0.2) is 80.9 Å². The second-order valence-electron chi connectivity index (χ2n) is 7.04. The Bertz CT molecular complexity index is 1080. The highest BCUT2D eigenvalue weighted by atomic mass is 32.1. The number of piperazine rings is 1. The van der Waals surface area contributed by atoms with Gasteiger partial charge in [-0.3, -0.25) is 4.79 Å². The Morgan fingerprint density at radius 3 is 2.58 bits per heavy atom. The van der Waals surface area contributed by atoms with Crippen molar-refractivity contribution < 1.29 is 19.4 Å². The molecular weight excluding hydrogens is 424 g/mol. The molecule has 1 aliphatic rings. The van der Waals surface area contributed by atoms with Crippen LogP contribution in [0.2, 0.25) is 0 Å². The van der Waals surface area contributed by atoms with Gasteiger partial charge in [0.15, 0.2) is 5.11 Å². The number of thiocarbonyl (C=S) groups is 1. The van der Waals surface area contributed by atoms with Crippen molar-refractivity contribution in [3.63, 3.8) is 0 Å². The molecule has 2 aromatic rings. The molecule has 0 aliphatic carbocycles. The number of anilines is 1. The number of methoxy groups -OCH3 is 1. The average Bonchev–Trinajstić information content (AvgIpc) is 2.78. The van der Waals surface area contributed by atoms with E-state index in [4.69, 9.17) is 17.0 Å². The maximum absolute atomic E-state index is 12.5. The zero-order chi connectivity index (χ0) is 22.7. The van der Waals surface area contributed by atoms with Gasteiger partial charge in [-0.1, -0.05) is 0 Å². The van der Waals surface area contributed by atoms with Crippen LogP contribution < -0.4 is 15.6 Å². The first-order chi connectivity index (χ1) is 14.8. The maximum atomic E-state index is 12.5. The van der Waals surface area contributed by atoms with Gasteiger partial charge in [-0.25, -0.2) is 14.6 Å². The summed E-state index contributed by atoms with van der Waals surface area (Å²) in [5.41, 5.74) is -0.504. The van der Waals surface area contributed by atoms with Crippen LogP contribution in [0.15, 0.2) is 17.2 Å². The van der Waals surface area contributed by atoms with Gasteiger partial charge in [0.25, 0.3) is 0 Å². The lowest BCUT2D eigenvalue weighted by Crippen LogP contribution is -2.54. The summed E-state index contributed by atoms with van der Waals surface area (Å²) in [6.45, 7) is 6.35. The summed E-state index contributed by atoms with van der Waals surface area (Å²) in [5.74, 6) is -1.21. The predicted octanol–water partition coefficient (Wildman–Crippen LogP) is 0.0676. The smallest absolute Gasteiger partial charge is 0.341 e. The van der Waals surface area contributed by atoms with Crippen molar-refractivity contribution in [3.8, 4) is 0 Å². The highest BCUT2D eigenvalue weighted by molar-refractivity contribution is 7.80. The van der Waals surface area contributed by atoms with Crippen LogP contribution in [0.4, 0.5) is 5.95 Å². The lowest BCUT2D eigenvalue weighted by Gasteiger charge is -2.36. The highest BCUT2D eigenvalue weighted by Crippen LogP contribution is 2.16. The number of nitrogens with one attached hydrogen (secondary N) is 1. The molecule has 1 atom stereocenters. The molecule has 3 heterocycles. The fraction of sp³-hybridized carbons (Fsp3) is 0.474.